The van der Waals surface area contributed by atoms with E-state index in [0.717, 1.165) is 41.3 Å². The molecule has 5 heterocycles. The Kier molecular flexibility index (Phi) is 9.00. The Morgan fingerprint density at radius 2 is 1.90 bits per heavy atom. The van der Waals surface area contributed by atoms with Crippen molar-refractivity contribution >= 4 is 40.0 Å². The van der Waals surface area contributed by atoms with Crippen LogP contribution in [0.2, 0.25) is 0 Å². The number of rotatable bonds is 10. The molecule has 4 aromatic rings. The van der Waals surface area contributed by atoms with Gasteiger partial charge in [-0.2, -0.15) is 0 Å². The minimum atomic E-state index is -0.663. The third kappa shape index (κ3) is 6.64. The lowest BCUT2D eigenvalue weighted by Crippen LogP contribution is -2.49. The van der Waals surface area contributed by atoms with E-state index in [1.807, 2.05) is 31.2 Å². The van der Waals surface area contributed by atoms with Crippen molar-refractivity contribution in [1.29, 1.82) is 0 Å². The molecule has 1 amide bonds. The molecule has 0 aromatic carbocycles. The van der Waals surface area contributed by atoms with E-state index in [-0.39, 0.29) is 17.7 Å². The van der Waals surface area contributed by atoms with Gasteiger partial charge in [0, 0.05) is 43.3 Å². The van der Waals surface area contributed by atoms with E-state index in [2.05, 4.69) is 35.5 Å². The van der Waals surface area contributed by atoms with E-state index in [9.17, 15) is 9.90 Å². The number of aliphatic hydroxyl groups excluding tert-OH is 1. The van der Waals surface area contributed by atoms with Crippen molar-refractivity contribution in [1.82, 2.24) is 30.2 Å². The number of anilines is 2. The molecule has 40 heavy (non-hydrogen) atoms. The molecule has 0 aliphatic carbocycles. The number of nitrogens with zero attached hydrogens (tertiary/aromatic N) is 5. The molecule has 0 radical (unpaired) electrons. The average molecular weight is 580 g/mol. The first-order chi connectivity index (χ1) is 19.5. The molecular weight excluding hydrogens is 549 g/mol. The molecule has 1 fully saturated rings. The lowest BCUT2D eigenvalue weighted by Gasteiger charge is -2.42. The third-order valence-corrected chi connectivity index (χ3v) is 9.07. The monoisotopic (exact) mass is 579 g/mol. The number of nitrogens with one attached hydrogen (secondary N) is 2. The Morgan fingerprint density at radius 3 is 2.65 bits per heavy atom. The summed E-state index contributed by atoms with van der Waals surface area (Å²) in [7, 11) is 0. The van der Waals surface area contributed by atoms with Gasteiger partial charge < -0.3 is 20.6 Å². The summed E-state index contributed by atoms with van der Waals surface area (Å²) in [6.45, 7) is 4.65. The number of aliphatic hydroxyl groups is 1. The van der Waals surface area contributed by atoms with Gasteiger partial charge in [-0.15, -0.1) is 0 Å². The van der Waals surface area contributed by atoms with E-state index in [1.54, 1.807) is 30.9 Å². The zero-order valence-electron chi connectivity index (χ0n) is 22.0. The van der Waals surface area contributed by atoms with Gasteiger partial charge in [-0.1, -0.05) is 23.1 Å². The van der Waals surface area contributed by atoms with Crippen molar-refractivity contribution in [3.8, 4) is 0 Å². The van der Waals surface area contributed by atoms with Crippen LogP contribution in [0.25, 0.3) is 0 Å². The Labute approximate surface area is 240 Å². The molecule has 9 nitrogen and oxygen atoms in total. The summed E-state index contributed by atoms with van der Waals surface area (Å²) in [5.74, 6) is -0.532. The maximum absolute atomic E-state index is 15.5. The van der Waals surface area contributed by atoms with Gasteiger partial charge in [0.1, 0.15) is 5.82 Å². The Morgan fingerprint density at radius 1 is 1.12 bits per heavy atom. The fraction of sp³-hybridized carbons (Fsp3) is 0.321. The summed E-state index contributed by atoms with van der Waals surface area (Å²) >= 11 is 2.56. The third-order valence-electron chi connectivity index (χ3n) is 7.02. The molecule has 1 aliphatic heterocycles. The highest BCUT2D eigenvalue weighted by Gasteiger charge is 2.37. The van der Waals surface area contributed by atoms with Crippen LogP contribution >= 0.6 is 23.1 Å². The lowest BCUT2D eigenvalue weighted by molar-refractivity contribution is 0.0903. The van der Waals surface area contributed by atoms with Crippen molar-refractivity contribution in [2.75, 3.05) is 38.1 Å². The van der Waals surface area contributed by atoms with Gasteiger partial charge in [0.05, 0.1) is 21.9 Å². The summed E-state index contributed by atoms with van der Waals surface area (Å²) in [4.78, 5) is 32.5. The smallest absolute Gasteiger partial charge is 0.273 e. The summed E-state index contributed by atoms with van der Waals surface area (Å²) in [5, 5.41) is 16.1. The Hall–Kier alpha value is -3.45. The summed E-state index contributed by atoms with van der Waals surface area (Å²) < 4.78 is 16.3. The predicted octanol–water partition coefficient (Wildman–Crippen LogP) is 4.43. The molecule has 5 rings (SSSR count). The van der Waals surface area contributed by atoms with E-state index in [0.29, 0.717) is 28.9 Å². The van der Waals surface area contributed by atoms with E-state index >= 15 is 4.39 Å². The van der Waals surface area contributed by atoms with Crippen LogP contribution in [-0.2, 0) is 5.41 Å². The zero-order chi connectivity index (χ0) is 28.0. The fourth-order valence-electron chi connectivity index (χ4n) is 4.80. The number of aryl methyl sites for hydroxylation is 1. The van der Waals surface area contributed by atoms with Crippen LogP contribution in [0.1, 0.15) is 34.5 Å². The Balaban J connectivity index is 1.27. The molecule has 0 unspecified atom stereocenters. The van der Waals surface area contributed by atoms with Crippen LogP contribution < -0.4 is 10.6 Å². The van der Waals surface area contributed by atoms with Crippen LogP contribution in [0, 0.1) is 12.7 Å². The summed E-state index contributed by atoms with van der Waals surface area (Å²) in [6, 6.07) is 9.32. The van der Waals surface area contributed by atoms with Crippen LogP contribution in [0.3, 0.4) is 0 Å². The number of amides is 1. The van der Waals surface area contributed by atoms with E-state index in [1.165, 1.54) is 29.3 Å². The number of carbonyl (C=O) groups excluding carboxylic acids is 1. The SMILES string of the molecule is Cc1ccnc(Nc2ncc(Sc3ccnc(C(=O)NCC4(c5ccncc5)CCN(CCO)CC4)c3F)s2)c1. The minimum Gasteiger partial charge on any atom is -0.395 e. The number of β-amino-alcohol motifs (C(OH)–C–C–N with tert-alkyl or cyclic N) is 1. The number of carbonyl (C=O) groups is 1. The normalized spacial score (nSPS) is 15.1. The summed E-state index contributed by atoms with van der Waals surface area (Å²) in [6.07, 6.45) is 9.92. The number of halogens is 1. The summed E-state index contributed by atoms with van der Waals surface area (Å²) in [5.41, 5.74) is 1.61. The predicted molar refractivity (Wildman–Crippen MR) is 154 cm³/mol. The first-order valence-electron chi connectivity index (χ1n) is 13.0. The van der Waals surface area contributed by atoms with Crippen LogP contribution in [0.5, 0.6) is 0 Å². The van der Waals surface area contributed by atoms with Crippen LogP contribution in [0.4, 0.5) is 15.3 Å². The van der Waals surface area contributed by atoms with Gasteiger partial charge >= 0.3 is 0 Å². The maximum Gasteiger partial charge on any atom is 0.273 e. The number of hydrogen-bond donors (Lipinski definition) is 3. The Bertz CT molecular complexity index is 1450. The van der Waals surface area contributed by atoms with E-state index < -0.39 is 11.7 Å². The lowest BCUT2D eigenvalue weighted by atomic mass is 9.73. The first-order valence-corrected chi connectivity index (χ1v) is 14.6. The second-order valence-corrected chi connectivity index (χ2v) is 12.0. The first kappa shape index (κ1) is 28.1. The largest absolute Gasteiger partial charge is 0.395 e. The number of pyridine rings is 3. The molecule has 1 aliphatic rings. The number of thiazole rings is 1. The molecule has 0 spiro atoms. The van der Waals surface area contributed by atoms with Gasteiger partial charge in [-0.3, -0.25) is 9.78 Å². The molecule has 0 bridgehead atoms. The van der Waals surface area contributed by atoms with Gasteiger partial charge in [0.15, 0.2) is 16.6 Å². The van der Waals surface area contributed by atoms with Crippen LogP contribution in [-0.4, -0.2) is 68.6 Å². The number of likely N-dealkylation sites (tertiary alicyclic amines) is 1. The number of piperidine rings is 1. The molecule has 12 heteroatoms. The second kappa shape index (κ2) is 12.8. The molecule has 0 saturated carbocycles. The van der Waals surface area contributed by atoms with Gasteiger partial charge in [-0.05, 0) is 74.3 Å². The number of hydrogen-bond acceptors (Lipinski definition) is 10. The van der Waals surface area contributed by atoms with Crippen molar-refractivity contribution in [3.05, 3.63) is 84.0 Å². The average Bonchev–Trinajstić information content (AvgIpc) is 3.41. The molecular formula is C28H30FN7O2S2. The number of aromatic nitrogens is 4. The highest BCUT2D eigenvalue weighted by Crippen LogP contribution is 2.37. The second-order valence-electron chi connectivity index (χ2n) is 9.67. The zero-order valence-corrected chi connectivity index (χ0v) is 23.6. The standard InChI is InChI=1S/C28H30FN7O2S2/c1-19-2-10-31-22(16-19)35-27-33-17-23(40-27)39-21-5-11-32-25(24(21)29)26(38)34-18-28(20-3-8-30-9-4-20)6-12-36(13-7-28)14-15-37/h2-5,8-11,16-17,37H,6-7,12-15,18H2,1H3,(H,34,38)(H,31,33,35). The maximum atomic E-state index is 15.5. The minimum absolute atomic E-state index is 0.113. The molecule has 0 atom stereocenters. The van der Waals surface area contributed by atoms with Crippen LogP contribution in [0.15, 0.2) is 70.4 Å². The molecule has 4 aromatic heterocycles. The highest BCUT2D eigenvalue weighted by atomic mass is 32.2. The molecule has 208 valence electrons. The van der Waals surface area contributed by atoms with Gasteiger partial charge in [0.25, 0.3) is 5.91 Å². The van der Waals surface area contributed by atoms with E-state index in [4.69, 9.17) is 0 Å². The topological polar surface area (TPSA) is 116 Å². The van der Waals surface area contributed by atoms with Crippen molar-refractivity contribution in [2.45, 2.75) is 34.3 Å². The van der Waals surface area contributed by atoms with Gasteiger partial charge in [0.2, 0.25) is 0 Å². The quantitative estimate of drug-likeness (QED) is 0.251. The van der Waals surface area contributed by atoms with Crippen molar-refractivity contribution in [2.24, 2.45) is 0 Å². The van der Waals surface area contributed by atoms with Gasteiger partial charge in [-0.25, -0.2) is 19.3 Å². The highest BCUT2D eigenvalue weighted by molar-refractivity contribution is 8.01. The molecule has 1 saturated heterocycles. The van der Waals surface area contributed by atoms with Crippen molar-refractivity contribution < 1.29 is 14.3 Å². The van der Waals surface area contributed by atoms with Crippen molar-refractivity contribution in [3.63, 3.8) is 0 Å². The molecule has 3 N–H and O–H groups in total. The fourth-order valence-corrected chi connectivity index (χ4v) is 6.67.